The molecular weight excluding hydrogens is 410 g/mol. The molecule has 1 N–H and O–H groups in total. The van der Waals surface area contributed by atoms with E-state index in [4.69, 9.17) is 4.74 Å². The van der Waals surface area contributed by atoms with Gasteiger partial charge in [0.15, 0.2) is 0 Å². The normalized spacial score (nSPS) is 13.9. The van der Waals surface area contributed by atoms with Crippen molar-refractivity contribution in [1.82, 2.24) is 9.80 Å². The minimum Gasteiger partial charge on any atom is -0.496 e. The van der Waals surface area contributed by atoms with Gasteiger partial charge in [-0.2, -0.15) is 11.8 Å². The summed E-state index contributed by atoms with van der Waals surface area (Å²) in [6.45, 7) is 6.51. The predicted molar refractivity (Wildman–Crippen MR) is 127 cm³/mol. The molecule has 1 saturated heterocycles. The van der Waals surface area contributed by atoms with Crippen molar-refractivity contribution >= 4 is 29.3 Å². The lowest BCUT2D eigenvalue weighted by atomic mass is 10.1. The number of anilines is 1. The largest absolute Gasteiger partial charge is 0.496 e. The molecule has 0 saturated carbocycles. The Morgan fingerprint density at radius 3 is 2.45 bits per heavy atom. The van der Waals surface area contributed by atoms with E-state index in [9.17, 15) is 9.59 Å². The number of benzene rings is 2. The second kappa shape index (κ2) is 10.7. The summed E-state index contributed by atoms with van der Waals surface area (Å²) in [6.07, 6.45) is 0. The number of aryl methyl sites for hydroxylation is 2. The SMILES string of the molecule is COc1c(C)cc(CN(C)CC(=O)Nc2cccc(C(=O)N3CCSCC3)c2)cc1C. The molecule has 0 bridgehead atoms. The Balaban J connectivity index is 1.57. The number of carbonyl (C=O) groups is 2. The highest BCUT2D eigenvalue weighted by atomic mass is 32.2. The second-order valence-electron chi connectivity index (χ2n) is 7.97. The van der Waals surface area contributed by atoms with Crippen LogP contribution in [0, 0.1) is 13.8 Å². The fraction of sp³-hybridized carbons (Fsp3) is 0.417. The first-order chi connectivity index (χ1) is 14.9. The van der Waals surface area contributed by atoms with E-state index in [0.29, 0.717) is 17.8 Å². The highest BCUT2D eigenvalue weighted by Crippen LogP contribution is 2.25. The summed E-state index contributed by atoms with van der Waals surface area (Å²) in [5.41, 5.74) is 4.57. The minimum absolute atomic E-state index is 0.0266. The fourth-order valence-corrected chi connectivity index (χ4v) is 4.85. The molecule has 2 amide bonds. The van der Waals surface area contributed by atoms with Crippen molar-refractivity contribution in [3.05, 3.63) is 58.7 Å². The number of thioether (sulfide) groups is 1. The van der Waals surface area contributed by atoms with Crippen molar-refractivity contribution in [2.45, 2.75) is 20.4 Å². The van der Waals surface area contributed by atoms with Crippen LogP contribution in [-0.4, -0.2) is 66.9 Å². The lowest BCUT2D eigenvalue weighted by Crippen LogP contribution is -2.37. The molecule has 0 spiro atoms. The van der Waals surface area contributed by atoms with Crippen LogP contribution in [0.1, 0.15) is 27.0 Å². The first kappa shape index (κ1) is 23.2. The van der Waals surface area contributed by atoms with E-state index in [1.165, 1.54) is 0 Å². The molecule has 0 radical (unpaired) electrons. The molecule has 7 heteroatoms. The molecule has 1 fully saturated rings. The van der Waals surface area contributed by atoms with Gasteiger partial charge in [-0.05, 0) is 55.8 Å². The van der Waals surface area contributed by atoms with Crippen molar-refractivity contribution in [3.8, 4) is 5.75 Å². The number of nitrogens with zero attached hydrogens (tertiary/aromatic N) is 2. The highest BCUT2D eigenvalue weighted by molar-refractivity contribution is 7.99. The molecular formula is C24H31N3O3S. The Morgan fingerprint density at radius 2 is 1.81 bits per heavy atom. The zero-order valence-electron chi connectivity index (χ0n) is 18.7. The van der Waals surface area contributed by atoms with Gasteiger partial charge in [0.1, 0.15) is 5.75 Å². The van der Waals surface area contributed by atoms with Gasteiger partial charge in [-0.1, -0.05) is 18.2 Å². The molecule has 3 rings (SSSR count). The average molecular weight is 442 g/mol. The Kier molecular flexibility index (Phi) is 7.98. The van der Waals surface area contributed by atoms with Gasteiger partial charge in [0.25, 0.3) is 5.91 Å². The average Bonchev–Trinajstić information content (AvgIpc) is 2.73. The number of hydrogen-bond acceptors (Lipinski definition) is 5. The van der Waals surface area contributed by atoms with Crippen LogP contribution in [0.2, 0.25) is 0 Å². The van der Waals surface area contributed by atoms with E-state index >= 15 is 0 Å². The number of ether oxygens (including phenoxy) is 1. The van der Waals surface area contributed by atoms with Crippen molar-refractivity contribution in [2.75, 3.05) is 50.6 Å². The summed E-state index contributed by atoms with van der Waals surface area (Å²) in [7, 11) is 3.60. The maximum Gasteiger partial charge on any atom is 0.253 e. The van der Waals surface area contributed by atoms with E-state index in [0.717, 1.165) is 47.0 Å². The van der Waals surface area contributed by atoms with E-state index in [-0.39, 0.29) is 18.4 Å². The minimum atomic E-state index is -0.108. The number of likely N-dealkylation sites (N-methyl/N-ethyl adjacent to an activating group) is 1. The fourth-order valence-electron chi connectivity index (χ4n) is 3.95. The monoisotopic (exact) mass is 441 g/mol. The van der Waals surface area contributed by atoms with Crippen molar-refractivity contribution in [1.29, 1.82) is 0 Å². The lowest BCUT2D eigenvalue weighted by molar-refractivity contribution is -0.117. The third-order valence-electron chi connectivity index (χ3n) is 5.28. The summed E-state index contributed by atoms with van der Waals surface area (Å²) >= 11 is 1.87. The summed E-state index contributed by atoms with van der Waals surface area (Å²) in [5, 5.41) is 2.92. The van der Waals surface area contributed by atoms with Crippen LogP contribution in [0.4, 0.5) is 5.69 Å². The Hall–Kier alpha value is -2.51. The van der Waals surface area contributed by atoms with Gasteiger partial charge in [-0.15, -0.1) is 0 Å². The van der Waals surface area contributed by atoms with E-state index in [1.54, 1.807) is 19.2 Å². The molecule has 166 valence electrons. The molecule has 2 aromatic rings. The molecule has 0 aromatic heterocycles. The van der Waals surface area contributed by atoms with Crippen LogP contribution in [0.3, 0.4) is 0 Å². The molecule has 1 aliphatic rings. The van der Waals surface area contributed by atoms with Gasteiger partial charge in [-0.25, -0.2) is 0 Å². The predicted octanol–water partition coefficient (Wildman–Crippen LogP) is 3.57. The van der Waals surface area contributed by atoms with Crippen LogP contribution in [0.5, 0.6) is 5.75 Å². The smallest absolute Gasteiger partial charge is 0.253 e. The van der Waals surface area contributed by atoms with Gasteiger partial charge in [0.05, 0.1) is 13.7 Å². The first-order valence-electron chi connectivity index (χ1n) is 10.5. The number of methoxy groups -OCH3 is 1. The lowest BCUT2D eigenvalue weighted by Gasteiger charge is -2.26. The molecule has 2 aromatic carbocycles. The summed E-state index contributed by atoms with van der Waals surface area (Å²) in [5.74, 6) is 2.77. The van der Waals surface area contributed by atoms with Crippen LogP contribution in [-0.2, 0) is 11.3 Å². The second-order valence-corrected chi connectivity index (χ2v) is 9.19. The van der Waals surface area contributed by atoms with E-state index in [1.807, 2.05) is 54.6 Å². The molecule has 1 aliphatic heterocycles. The van der Waals surface area contributed by atoms with Crippen LogP contribution in [0.15, 0.2) is 36.4 Å². The number of nitrogens with one attached hydrogen (secondary N) is 1. The highest BCUT2D eigenvalue weighted by Gasteiger charge is 2.19. The van der Waals surface area contributed by atoms with Crippen LogP contribution >= 0.6 is 11.8 Å². The Labute approximate surface area is 188 Å². The molecule has 0 aliphatic carbocycles. The first-order valence-corrected chi connectivity index (χ1v) is 11.6. The summed E-state index contributed by atoms with van der Waals surface area (Å²) < 4.78 is 5.43. The topological polar surface area (TPSA) is 61.9 Å². The third kappa shape index (κ3) is 6.24. The van der Waals surface area contributed by atoms with Gasteiger partial charge < -0.3 is 15.0 Å². The van der Waals surface area contributed by atoms with Gasteiger partial charge in [0.2, 0.25) is 5.91 Å². The zero-order chi connectivity index (χ0) is 22.4. The van der Waals surface area contributed by atoms with Gasteiger partial charge >= 0.3 is 0 Å². The van der Waals surface area contributed by atoms with Crippen LogP contribution < -0.4 is 10.1 Å². The van der Waals surface area contributed by atoms with E-state index < -0.39 is 0 Å². The van der Waals surface area contributed by atoms with Crippen molar-refractivity contribution < 1.29 is 14.3 Å². The Bertz CT molecular complexity index is 918. The zero-order valence-corrected chi connectivity index (χ0v) is 19.6. The van der Waals surface area contributed by atoms with Crippen molar-refractivity contribution in [2.24, 2.45) is 0 Å². The maximum absolute atomic E-state index is 12.7. The Morgan fingerprint density at radius 1 is 1.13 bits per heavy atom. The summed E-state index contributed by atoms with van der Waals surface area (Å²) in [6, 6.07) is 11.4. The summed E-state index contributed by atoms with van der Waals surface area (Å²) in [4.78, 5) is 29.1. The third-order valence-corrected chi connectivity index (χ3v) is 6.22. The van der Waals surface area contributed by atoms with Crippen LogP contribution in [0.25, 0.3) is 0 Å². The standard InChI is InChI=1S/C24H31N3O3S/c1-17-12-19(13-18(2)23(17)30-4)15-26(3)16-22(28)25-21-7-5-6-20(14-21)24(29)27-8-10-31-11-9-27/h5-7,12-14H,8-11,15-16H2,1-4H3,(H,25,28). The van der Waals surface area contributed by atoms with Gasteiger partial charge in [0, 0.05) is 42.4 Å². The number of amides is 2. The molecule has 0 atom stereocenters. The molecule has 1 heterocycles. The molecule has 6 nitrogen and oxygen atoms in total. The number of carbonyl (C=O) groups excluding carboxylic acids is 2. The molecule has 31 heavy (non-hydrogen) atoms. The van der Waals surface area contributed by atoms with E-state index in [2.05, 4.69) is 17.4 Å². The molecule has 0 unspecified atom stereocenters. The number of hydrogen-bond donors (Lipinski definition) is 1. The maximum atomic E-state index is 12.7. The van der Waals surface area contributed by atoms with Gasteiger partial charge in [-0.3, -0.25) is 14.5 Å². The number of rotatable bonds is 7. The van der Waals surface area contributed by atoms with Crippen molar-refractivity contribution in [3.63, 3.8) is 0 Å². The quantitative estimate of drug-likeness (QED) is 0.712.